The summed E-state index contributed by atoms with van der Waals surface area (Å²) in [6.07, 6.45) is 1.52. The van der Waals surface area contributed by atoms with Crippen molar-refractivity contribution in [1.29, 1.82) is 0 Å². The van der Waals surface area contributed by atoms with Crippen molar-refractivity contribution in [2.45, 2.75) is 0 Å². The lowest BCUT2D eigenvalue weighted by Gasteiger charge is -2.06. The second-order valence-corrected chi connectivity index (χ2v) is 3.35. The number of hydrogen-bond donors (Lipinski definition) is 1. The summed E-state index contributed by atoms with van der Waals surface area (Å²) in [7, 11) is 0. The Labute approximate surface area is 93.2 Å². The van der Waals surface area contributed by atoms with Gasteiger partial charge < -0.3 is 5.84 Å². The van der Waals surface area contributed by atoms with E-state index < -0.39 is 0 Å². The summed E-state index contributed by atoms with van der Waals surface area (Å²) < 4.78 is 13.6. The zero-order chi connectivity index (χ0) is 11.4. The van der Waals surface area contributed by atoms with Crippen LogP contribution < -0.4 is 5.84 Å². The van der Waals surface area contributed by atoms with Gasteiger partial charge in [-0.3, -0.25) is 0 Å². The third-order valence-electron chi connectivity index (χ3n) is 2.34. The van der Waals surface area contributed by atoms with Gasteiger partial charge in [0.25, 0.3) is 0 Å². The van der Waals surface area contributed by atoms with E-state index in [1.807, 2.05) is 24.3 Å². The van der Waals surface area contributed by atoms with Crippen LogP contribution in [0.3, 0.4) is 0 Å². The molecule has 0 aromatic heterocycles. The Kier molecular flexibility index (Phi) is 2.96. The molecule has 3 heteroatoms. The molecule has 2 aromatic rings. The molecule has 0 aliphatic carbocycles. The number of hydrogen-bond acceptors (Lipinski definition) is 2. The van der Waals surface area contributed by atoms with Crippen molar-refractivity contribution in [2.24, 2.45) is 10.9 Å². The smallest absolute Gasteiger partial charge is 0.131 e. The second-order valence-electron chi connectivity index (χ2n) is 3.35. The molecule has 0 atom stereocenters. The summed E-state index contributed by atoms with van der Waals surface area (Å²) in [6, 6.07) is 14.0. The molecule has 0 fully saturated rings. The van der Waals surface area contributed by atoms with Crippen LogP contribution in [0.1, 0.15) is 5.56 Å². The lowest BCUT2D eigenvalue weighted by atomic mass is 10.00. The average Bonchev–Trinajstić information content (AvgIpc) is 2.31. The van der Waals surface area contributed by atoms with Crippen molar-refractivity contribution in [1.82, 2.24) is 0 Å². The first-order chi connectivity index (χ1) is 7.83. The summed E-state index contributed by atoms with van der Waals surface area (Å²) >= 11 is 0. The van der Waals surface area contributed by atoms with E-state index in [2.05, 4.69) is 5.10 Å². The van der Waals surface area contributed by atoms with Crippen molar-refractivity contribution >= 4 is 6.21 Å². The van der Waals surface area contributed by atoms with Crippen LogP contribution in [0.4, 0.5) is 4.39 Å². The topological polar surface area (TPSA) is 38.4 Å². The fourth-order valence-corrected chi connectivity index (χ4v) is 1.61. The Bertz CT molecular complexity index is 521. The highest BCUT2D eigenvalue weighted by Crippen LogP contribution is 2.24. The minimum atomic E-state index is -0.250. The van der Waals surface area contributed by atoms with Crippen LogP contribution in [0.25, 0.3) is 11.1 Å². The molecule has 80 valence electrons. The molecule has 0 spiro atoms. The number of benzene rings is 2. The van der Waals surface area contributed by atoms with Crippen molar-refractivity contribution in [3.05, 3.63) is 59.9 Å². The van der Waals surface area contributed by atoms with E-state index in [-0.39, 0.29) is 5.82 Å². The molecule has 2 rings (SSSR count). The third kappa shape index (κ3) is 1.93. The van der Waals surface area contributed by atoms with Crippen LogP contribution in [0.2, 0.25) is 0 Å². The summed E-state index contributed by atoms with van der Waals surface area (Å²) in [6.45, 7) is 0. The standard InChI is InChI=1S/C13H11FN2/c14-13-8-4-3-7-12(13)11-6-2-1-5-10(11)9-16-15/h1-9H,15H2. The maximum Gasteiger partial charge on any atom is 0.131 e. The molecule has 0 unspecified atom stereocenters. The predicted molar refractivity (Wildman–Crippen MR) is 63.6 cm³/mol. The first-order valence-electron chi connectivity index (χ1n) is 4.90. The largest absolute Gasteiger partial charge is 0.323 e. The van der Waals surface area contributed by atoms with Gasteiger partial charge in [0.1, 0.15) is 5.82 Å². The molecule has 0 saturated heterocycles. The molecule has 2 N–H and O–H groups in total. The zero-order valence-corrected chi connectivity index (χ0v) is 8.60. The fraction of sp³-hybridized carbons (Fsp3) is 0. The van der Waals surface area contributed by atoms with Gasteiger partial charge in [-0.2, -0.15) is 5.10 Å². The van der Waals surface area contributed by atoms with E-state index in [0.717, 1.165) is 11.1 Å². The number of nitrogens with zero attached hydrogens (tertiary/aromatic N) is 1. The van der Waals surface area contributed by atoms with Crippen LogP contribution in [-0.4, -0.2) is 6.21 Å². The molecule has 2 nitrogen and oxygen atoms in total. The monoisotopic (exact) mass is 214 g/mol. The summed E-state index contributed by atoms with van der Waals surface area (Å²) in [5.74, 6) is 4.87. The lowest BCUT2D eigenvalue weighted by molar-refractivity contribution is 0.631. The Morgan fingerprint density at radius 2 is 1.56 bits per heavy atom. The number of halogens is 1. The Balaban J connectivity index is 2.60. The van der Waals surface area contributed by atoms with Crippen LogP contribution in [0, 0.1) is 5.82 Å². The summed E-state index contributed by atoms with van der Waals surface area (Å²) in [5, 5.41) is 3.47. The van der Waals surface area contributed by atoms with E-state index >= 15 is 0 Å². The molecule has 0 amide bonds. The molecule has 0 radical (unpaired) electrons. The van der Waals surface area contributed by atoms with Crippen molar-refractivity contribution in [3.63, 3.8) is 0 Å². The van der Waals surface area contributed by atoms with Gasteiger partial charge in [-0.05, 0) is 11.6 Å². The predicted octanol–water partition coefficient (Wildman–Crippen LogP) is 2.79. The van der Waals surface area contributed by atoms with Gasteiger partial charge in [0.15, 0.2) is 0 Å². The third-order valence-corrected chi connectivity index (χ3v) is 2.34. The SMILES string of the molecule is NN=Cc1ccccc1-c1ccccc1F. The first-order valence-corrected chi connectivity index (χ1v) is 4.90. The second kappa shape index (κ2) is 4.57. The molecule has 2 aromatic carbocycles. The number of hydrazone groups is 1. The molecular formula is C13H11FN2. The van der Waals surface area contributed by atoms with Crippen LogP contribution in [0.15, 0.2) is 53.6 Å². The number of nitrogens with two attached hydrogens (primary N) is 1. The van der Waals surface area contributed by atoms with Crippen molar-refractivity contribution in [3.8, 4) is 11.1 Å². The summed E-state index contributed by atoms with van der Waals surface area (Å²) in [4.78, 5) is 0. The molecule has 0 saturated carbocycles. The van der Waals surface area contributed by atoms with Gasteiger partial charge in [-0.15, -0.1) is 0 Å². The highest BCUT2D eigenvalue weighted by Gasteiger charge is 2.06. The van der Waals surface area contributed by atoms with Crippen LogP contribution in [-0.2, 0) is 0 Å². The van der Waals surface area contributed by atoms with Crippen molar-refractivity contribution < 1.29 is 4.39 Å². The zero-order valence-electron chi connectivity index (χ0n) is 8.60. The van der Waals surface area contributed by atoms with E-state index in [1.165, 1.54) is 12.3 Å². The molecule has 16 heavy (non-hydrogen) atoms. The molecule has 0 aliphatic rings. The maximum absolute atomic E-state index is 13.6. The average molecular weight is 214 g/mol. The normalized spacial score (nSPS) is 10.8. The van der Waals surface area contributed by atoms with E-state index in [9.17, 15) is 4.39 Å². The van der Waals surface area contributed by atoms with Gasteiger partial charge >= 0.3 is 0 Å². The molecule has 0 heterocycles. The molecule has 0 bridgehead atoms. The molecule has 0 aliphatic heterocycles. The van der Waals surface area contributed by atoms with Crippen LogP contribution >= 0.6 is 0 Å². The van der Waals surface area contributed by atoms with E-state index in [0.29, 0.717) is 5.56 Å². The van der Waals surface area contributed by atoms with Gasteiger partial charge in [0, 0.05) is 11.1 Å². The van der Waals surface area contributed by atoms with E-state index in [4.69, 9.17) is 5.84 Å². The number of rotatable bonds is 2. The van der Waals surface area contributed by atoms with Gasteiger partial charge in [0.05, 0.1) is 6.21 Å². The first kappa shape index (κ1) is 10.4. The Morgan fingerprint density at radius 1 is 0.938 bits per heavy atom. The van der Waals surface area contributed by atoms with Gasteiger partial charge in [-0.25, -0.2) is 4.39 Å². The van der Waals surface area contributed by atoms with E-state index in [1.54, 1.807) is 18.2 Å². The van der Waals surface area contributed by atoms with Crippen LogP contribution in [0.5, 0.6) is 0 Å². The fourth-order valence-electron chi connectivity index (χ4n) is 1.61. The maximum atomic E-state index is 13.6. The Morgan fingerprint density at radius 3 is 2.25 bits per heavy atom. The minimum Gasteiger partial charge on any atom is -0.323 e. The quantitative estimate of drug-likeness (QED) is 0.466. The van der Waals surface area contributed by atoms with Crippen molar-refractivity contribution in [2.75, 3.05) is 0 Å². The highest BCUT2D eigenvalue weighted by molar-refractivity contribution is 5.90. The van der Waals surface area contributed by atoms with Gasteiger partial charge in [0.2, 0.25) is 0 Å². The van der Waals surface area contributed by atoms with Gasteiger partial charge in [-0.1, -0.05) is 42.5 Å². The summed E-state index contributed by atoms with van der Waals surface area (Å²) in [5.41, 5.74) is 2.14. The Hall–Kier alpha value is -2.16. The minimum absolute atomic E-state index is 0.250. The highest BCUT2D eigenvalue weighted by atomic mass is 19.1. The molecular weight excluding hydrogens is 203 g/mol. The lowest BCUT2D eigenvalue weighted by Crippen LogP contribution is -1.92.